The molecule has 0 radical (unpaired) electrons. The molecule has 1 aromatic heterocycles. The summed E-state index contributed by atoms with van der Waals surface area (Å²) in [5.41, 5.74) is 3.09. The van der Waals surface area contributed by atoms with Gasteiger partial charge in [-0.1, -0.05) is 37.9 Å². The van der Waals surface area contributed by atoms with Crippen LogP contribution in [-0.4, -0.2) is 9.97 Å². The number of rotatable bonds is 1. The van der Waals surface area contributed by atoms with E-state index in [2.05, 4.69) is 47.9 Å². The number of hydrogen-bond donors (Lipinski definition) is 1. The van der Waals surface area contributed by atoms with Crippen molar-refractivity contribution < 1.29 is 0 Å². The SMILES string of the molecule is N#Cc1cccc2[nH]c(-c3cc(Br)ccc3Br)nc12. The standard InChI is InChI=1S/C14H7Br2N3/c15-9-4-5-11(16)10(6-9)14-18-12-3-1-2-8(7-17)13(12)19-14/h1-6H,(H,18,19). The Labute approximate surface area is 126 Å². The van der Waals surface area contributed by atoms with Gasteiger partial charge in [-0.3, -0.25) is 0 Å². The zero-order valence-electron chi connectivity index (χ0n) is 9.61. The van der Waals surface area contributed by atoms with Crippen LogP contribution in [0.1, 0.15) is 5.56 Å². The summed E-state index contributed by atoms with van der Waals surface area (Å²) in [5.74, 6) is 0.742. The Hall–Kier alpha value is -1.64. The summed E-state index contributed by atoms with van der Waals surface area (Å²) in [7, 11) is 0. The summed E-state index contributed by atoms with van der Waals surface area (Å²) in [5, 5.41) is 9.09. The molecule has 0 amide bonds. The van der Waals surface area contributed by atoms with E-state index in [1.54, 1.807) is 6.07 Å². The van der Waals surface area contributed by atoms with Crippen molar-refractivity contribution in [3.8, 4) is 17.5 Å². The van der Waals surface area contributed by atoms with Crippen molar-refractivity contribution >= 4 is 42.9 Å². The fraction of sp³-hybridized carbons (Fsp3) is 0. The Balaban J connectivity index is 2.27. The van der Waals surface area contributed by atoms with E-state index in [9.17, 15) is 0 Å². The third-order valence-corrected chi connectivity index (χ3v) is 4.00. The van der Waals surface area contributed by atoms with Crippen LogP contribution in [-0.2, 0) is 0 Å². The summed E-state index contributed by atoms with van der Waals surface area (Å²) in [4.78, 5) is 7.77. The van der Waals surface area contributed by atoms with Gasteiger partial charge in [-0.2, -0.15) is 5.26 Å². The summed E-state index contributed by atoms with van der Waals surface area (Å²) in [6.45, 7) is 0. The smallest absolute Gasteiger partial charge is 0.139 e. The van der Waals surface area contributed by atoms with Crippen LogP contribution in [0.3, 0.4) is 0 Å². The van der Waals surface area contributed by atoms with E-state index in [-0.39, 0.29) is 0 Å². The minimum atomic E-state index is 0.575. The second kappa shape index (κ2) is 4.80. The molecule has 0 unspecified atom stereocenters. The first-order chi connectivity index (χ1) is 9.19. The van der Waals surface area contributed by atoms with E-state index in [1.165, 1.54) is 0 Å². The number of H-pyrrole nitrogens is 1. The fourth-order valence-electron chi connectivity index (χ4n) is 1.93. The normalized spacial score (nSPS) is 10.6. The van der Waals surface area contributed by atoms with Crippen LogP contribution in [0, 0.1) is 11.3 Å². The maximum atomic E-state index is 9.09. The van der Waals surface area contributed by atoms with Crippen LogP contribution in [0.5, 0.6) is 0 Å². The summed E-state index contributed by atoms with van der Waals surface area (Å²) in [6, 6.07) is 13.6. The number of hydrogen-bond acceptors (Lipinski definition) is 2. The minimum absolute atomic E-state index is 0.575. The molecule has 0 fully saturated rings. The Morgan fingerprint density at radius 1 is 1.16 bits per heavy atom. The first-order valence-electron chi connectivity index (χ1n) is 5.53. The highest BCUT2D eigenvalue weighted by molar-refractivity contribution is 9.11. The van der Waals surface area contributed by atoms with Crippen molar-refractivity contribution in [2.45, 2.75) is 0 Å². The van der Waals surface area contributed by atoms with Gasteiger partial charge in [0.15, 0.2) is 0 Å². The number of benzene rings is 2. The highest BCUT2D eigenvalue weighted by Gasteiger charge is 2.11. The molecule has 0 spiro atoms. The molecule has 2 aromatic carbocycles. The largest absolute Gasteiger partial charge is 0.338 e. The Kier molecular flexibility index (Phi) is 3.13. The van der Waals surface area contributed by atoms with Gasteiger partial charge in [-0.25, -0.2) is 4.98 Å². The average molecular weight is 377 g/mol. The molecule has 0 aliphatic heterocycles. The highest BCUT2D eigenvalue weighted by atomic mass is 79.9. The molecule has 0 saturated carbocycles. The summed E-state index contributed by atoms with van der Waals surface area (Å²) < 4.78 is 1.93. The van der Waals surface area contributed by atoms with Crippen LogP contribution in [0.25, 0.3) is 22.4 Å². The second-order valence-electron chi connectivity index (χ2n) is 4.02. The molecule has 0 atom stereocenters. The zero-order chi connectivity index (χ0) is 13.4. The third kappa shape index (κ3) is 2.18. The Bertz CT molecular complexity index is 815. The maximum absolute atomic E-state index is 9.09. The minimum Gasteiger partial charge on any atom is -0.338 e. The van der Waals surface area contributed by atoms with Crippen LogP contribution < -0.4 is 0 Å². The summed E-state index contributed by atoms with van der Waals surface area (Å²) >= 11 is 6.96. The van der Waals surface area contributed by atoms with Gasteiger partial charge < -0.3 is 4.98 Å². The highest BCUT2D eigenvalue weighted by Crippen LogP contribution is 2.31. The predicted molar refractivity (Wildman–Crippen MR) is 81.6 cm³/mol. The van der Waals surface area contributed by atoms with Crippen LogP contribution >= 0.6 is 31.9 Å². The first-order valence-corrected chi connectivity index (χ1v) is 7.12. The predicted octanol–water partition coefficient (Wildman–Crippen LogP) is 4.63. The van der Waals surface area contributed by atoms with E-state index >= 15 is 0 Å². The first kappa shape index (κ1) is 12.4. The molecule has 5 heteroatoms. The molecule has 0 bridgehead atoms. The van der Waals surface area contributed by atoms with Crippen LogP contribution in [0.4, 0.5) is 0 Å². The van der Waals surface area contributed by atoms with Gasteiger partial charge in [0.1, 0.15) is 17.4 Å². The third-order valence-electron chi connectivity index (χ3n) is 2.82. The van der Waals surface area contributed by atoms with E-state index in [0.717, 1.165) is 25.8 Å². The Morgan fingerprint density at radius 2 is 2.00 bits per heavy atom. The zero-order valence-corrected chi connectivity index (χ0v) is 12.8. The molecule has 19 heavy (non-hydrogen) atoms. The van der Waals surface area contributed by atoms with Crippen molar-refractivity contribution in [3.05, 3.63) is 50.9 Å². The second-order valence-corrected chi connectivity index (χ2v) is 5.79. The molecular formula is C14H7Br2N3. The van der Waals surface area contributed by atoms with Gasteiger partial charge in [-0.05, 0) is 30.3 Å². The average Bonchev–Trinajstić information content (AvgIpc) is 2.85. The number of nitrogens with one attached hydrogen (secondary N) is 1. The molecule has 1 N–H and O–H groups in total. The number of halogens is 2. The van der Waals surface area contributed by atoms with Crippen molar-refractivity contribution in [3.63, 3.8) is 0 Å². The molecule has 92 valence electrons. The molecule has 3 aromatic rings. The van der Waals surface area contributed by atoms with Gasteiger partial charge in [0.2, 0.25) is 0 Å². The van der Waals surface area contributed by atoms with E-state index < -0.39 is 0 Å². The van der Waals surface area contributed by atoms with Crippen molar-refractivity contribution in [1.82, 2.24) is 9.97 Å². The number of para-hydroxylation sites is 1. The van der Waals surface area contributed by atoms with E-state index in [0.29, 0.717) is 11.1 Å². The summed E-state index contributed by atoms with van der Waals surface area (Å²) in [6.07, 6.45) is 0. The van der Waals surface area contributed by atoms with Crippen molar-refractivity contribution in [1.29, 1.82) is 5.26 Å². The number of fused-ring (bicyclic) bond motifs is 1. The number of imidazole rings is 1. The van der Waals surface area contributed by atoms with Crippen LogP contribution in [0.2, 0.25) is 0 Å². The number of nitrogens with zero attached hydrogens (tertiary/aromatic N) is 2. The molecule has 0 saturated heterocycles. The molecular weight excluding hydrogens is 370 g/mol. The quantitative estimate of drug-likeness (QED) is 0.673. The molecule has 3 rings (SSSR count). The van der Waals surface area contributed by atoms with Crippen LogP contribution in [0.15, 0.2) is 45.3 Å². The topological polar surface area (TPSA) is 52.5 Å². The van der Waals surface area contributed by atoms with Gasteiger partial charge in [0, 0.05) is 14.5 Å². The number of nitriles is 1. The van der Waals surface area contributed by atoms with Gasteiger partial charge in [0.05, 0.1) is 11.1 Å². The monoisotopic (exact) mass is 375 g/mol. The molecule has 1 heterocycles. The number of aromatic amines is 1. The van der Waals surface area contributed by atoms with Gasteiger partial charge >= 0.3 is 0 Å². The number of aromatic nitrogens is 2. The molecule has 0 aliphatic carbocycles. The Morgan fingerprint density at radius 3 is 2.79 bits per heavy atom. The van der Waals surface area contributed by atoms with Gasteiger partial charge in [-0.15, -0.1) is 0 Å². The van der Waals surface area contributed by atoms with E-state index in [4.69, 9.17) is 5.26 Å². The van der Waals surface area contributed by atoms with Crippen molar-refractivity contribution in [2.24, 2.45) is 0 Å². The maximum Gasteiger partial charge on any atom is 0.139 e. The lowest BCUT2D eigenvalue weighted by molar-refractivity contribution is 1.32. The van der Waals surface area contributed by atoms with Crippen molar-refractivity contribution in [2.75, 3.05) is 0 Å². The van der Waals surface area contributed by atoms with Gasteiger partial charge in [0.25, 0.3) is 0 Å². The lowest BCUT2D eigenvalue weighted by Gasteiger charge is -2.01. The lowest BCUT2D eigenvalue weighted by Crippen LogP contribution is -1.82. The molecule has 0 aliphatic rings. The lowest BCUT2D eigenvalue weighted by atomic mass is 10.2. The fourth-order valence-corrected chi connectivity index (χ4v) is 2.72. The molecule has 3 nitrogen and oxygen atoms in total. The van der Waals surface area contributed by atoms with E-state index in [1.807, 2.05) is 30.3 Å².